The molecule has 1 N–H and O–H groups in total. The number of hydrogen-bond donors (Lipinski definition) is 1. The van der Waals surface area contributed by atoms with Crippen molar-refractivity contribution in [3.05, 3.63) is 60.4 Å². The quantitative estimate of drug-likeness (QED) is 0.415. The summed E-state index contributed by atoms with van der Waals surface area (Å²) >= 11 is 0. The number of oxazole rings is 1. The highest BCUT2D eigenvalue weighted by atomic mass is 19.1. The van der Waals surface area contributed by atoms with Crippen molar-refractivity contribution < 1.29 is 32.5 Å². The van der Waals surface area contributed by atoms with Gasteiger partial charge in [-0.05, 0) is 42.5 Å². The molecule has 8 nitrogen and oxygen atoms in total. The number of halogens is 1. The first kappa shape index (κ1) is 21.9. The molecule has 9 heteroatoms. The van der Waals surface area contributed by atoms with E-state index in [1.54, 1.807) is 42.5 Å². The SMILES string of the molecule is COc1cc(-c2nc3cc(NC(=O)COc4ccccc4F)ccc3o2)cc(OC)c1OC. The fourth-order valence-corrected chi connectivity index (χ4v) is 3.24. The molecule has 0 saturated heterocycles. The van der Waals surface area contributed by atoms with Crippen LogP contribution in [0.4, 0.5) is 10.1 Å². The largest absolute Gasteiger partial charge is 0.493 e. The van der Waals surface area contributed by atoms with Gasteiger partial charge in [-0.2, -0.15) is 0 Å². The Balaban J connectivity index is 1.53. The maximum atomic E-state index is 13.6. The van der Waals surface area contributed by atoms with Crippen LogP contribution in [-0.2, 0) is 4.79 Å². The van der Waals surface area contributed by atoms with Gasteiger partial charge in [-0.25, -0.2) is 9.37 Å². The van der Waals surface area contributed by atoms with Crippen LogP contribution in [0.1, 0.15) is 0 Å². The molecule has 1 amide bonds. The zero-order valence-corrected chi connectivity index (χ0v) is 18.2. The van der Waals surface area contributed by atoms with E-state index in [9.17, 15) is 9.18 Å². The van der Waals surface area contributed by atoms with Gasteiger partial charge in [-0.3, -0.25) is 4.79 Å². The van der Waals surface area contributed by atoms with Gasteiger partial charge in [0.2, 0.25) is 11.6 Å². The fourth-order valence-electron chi connectivity index (χ4n) is 3.24. The van der Waals surface area contributed by atoms with Crippen molar-refractivity contribution in [2.75, 3.05) is 33.3 Å². The molecule has 4 rings (SSSR count). The second kappa shape index (κ2) is 9.47. The molecule has 0 atom stereocenters. The summed E-state index contributed by atoms with van der Waals surface area (Å²) in [5.41, 5.74) is 2.19. The average Bonchev–Trinajstić information content (AvgIpc) is 3.26. The molecule has 0 saturated carbocycles. The van der Waals surface area contributed by atoms with E-state index in [0.717, 1.165) is 0 Å². The third-order valence-corrected chi connectivity index (χ3v) is 4.78. The molecule has 0 aliphatic rings. The third-order valence-electron chi connectivity index (χ3n) is 4.78. The third kappa shape index (κ3) is 4.67. The van der Waals surface area contributed by atoms with Gasteiger partial charge in [0.15, 0.2) is 35.3 Å². The minimum Gasteiger partial charge on any atom is -0.493 e. The lowest BCUT2D eigenvalue weighted by molar-refractivity contribution is -0.118. The molecule has 1 heterocycles. The summed E-state index contributed by atoms with van der Waals surface area (Å²) in [6, 6.07) is 14.4. The van der Waals surface area contributed by atoms with Crippen molar-refractivity contribution in [3.63, 3.8) is 0 Å². The van der Waals surface area contributed by atoms with Gasteiger partial charge >= 0.3 is 0 Å². The normalized spacial score (nSPS) is 10.7. The van der Waals surface area contributed by atoms with Crippen molar-refractivity contribution in [2.24, 2.45) is 0 Å². The summed E-state index contributed by atoms with van der Waals surface area (Å²) in [6.45, 7) is -0.339. The molecule has 0 spiro atoms. The van der Waals surface area contributed by atoms with Gasteiger partial charge in [0, 0.05) is 11.3 Å². The summed E-state index contributed by atoms with van der Waals surface area (Å²) in [5, 5.41) is 2.70. The summed E-state index contributed by atoms with van der Waals surface area (Å²) in [5.74, 6) is 0.779. The van der Waals surface area contributed by atoms with Crippen molar-refractivity contribution in [1.82, 2.24) is 4.98 Å². The van der Waals surface area contributed by atoms with Crippen LogP contribution in [0.2, 0.25) is 0 Å². The lowest BCUT2D eigenvalue weighted by Crippen LogP contribution is -2.20. The van der Waals surface area contributed by atoms with Gasteiger partial charge in [0.05, 0.1) is 21.3 Å². The Kier molecular flexibility index (Phi) is 6.30. The summed E-state index contributed by atoms with van der Waals surface area (Å²) in [6.07, 6.45) is 0. The number of para-hydroxylation sites is 1. The highest BCUT2D eigenvalue weighted by molar-refractivity contribution is 5.94. The van der Waals surface area contributed by atoms with Gasteiger partial charge in [0.1, 0.15) is 5.52 Å². The zero-order valence-electron chi connectivity index (χ0n) is 18.2. The van der Waals surface area contributed by atoms with Gasteiger partial charge in [0.25, 0.3) is 5.91 Å². The Morgan fingerprint density at radius 3 is 2.36 bits per heavy atom. The summed E-state index contributed by atoms with van der Waals surface area (Å²) < 4.78 is 40.8. The van der Waals surface area contributed by atoms with Crippen LogP contribution in [0.3, 0.4) is 0 Å². The number of carbonyl (C=O) groups excluding carboxylic acids is 1. The second-order valence-corrected chi connectivity index (χ2v) is 6.88. The first-order valence-corrected chi connectivity index (χ1v) is 9.90. The number of aromatic nitrogens is 1. The number of fused-ring (bicyclic) bond motifs is 1. The first-order valence-electron chi connectivity index (χ1n) is 9.90. The number of nitrogens with one attached hydrogen (secondary N) is 1. The Morgan fingerprint density at radius 1 is 0.970 bits per heavy atom. The minimum atomic E-state index is -0.534. The molecule has 1 aromatic heterocycles. The van der Waals surface area contributed by atoms with E-state index in [-0.39, 0.29) is 12.4 Å². The Hall–Kier alpha value is -4.27. The number of amides is 1. The maximum absolute atomic E-state index is 13.6. The molecule has 170 valence electrons. The van der Waals surface area contributed by atoms with Gasteiger partial charge in [-0.15, -0.1) is 0 Å². The monoisotopic (exact) mass is 452 g/mol. The number of benzene rings is 3. The van der Waals surface area contributed by atoms with E-state index in [2.05, 4.69) is 10.3 Å². The number of carbonyl (C=O) groups is 1. The van der Waals surface area contributed by atoms with E-state index in [0.29, 0.717) is 45.5 Å². The number of rotatable bonds is 8. The zero-order chi connectivity index (χ0) is 23.4. The molecule has 0 unspecified atom stereocenters. The molecule has 0 radical (unpaired) electrons. The standard InChI is InChI=1S/C24H21FN2O6/c1-29-20-10-14(11-21(30-2)23(20)31-3)24-27-17-12-15(8-9-19(17)33-24)26-22(28)13-32-18-7-5-4-6-16(18)25/h4-12H,13H2,1-3H3,(H,26,28). The van der Waals surface area contributed by atoms with Crippen molar-refractivity contribution in [1.29, 1.82) is 0 Å². The Morgan fingerprint density at radius 2 is 1.70 bits per heavy atom. The number of hydrogen-bond acceptors (Lipinski definition) is 7. The van der Waals surface area contributed by atoms with Crippen LogP contribution in [0.25, 0.3) is 22.6 Å². The Bertz CT molecular complexity index is 1280. The topological polar surface area (TPSA) is 92.1 Å². The van der Waals surface area contributed by atoms with Crippen molar-refractivity contribution in [2.45, 2.75) is 0 Å². The van der Waals surface area contributed by atoms with E-state index >= 15 is 0 Å². The lowest BCUT2D eigenvalue weighted by Gasteiger charge is -2.12. The minimum absolute atomic E-state index is 0.00888. The van der Waals surface area contributed by atoms with Crippen LogP contribution in [0, 0.1) is 5.82 Å². The molecular formula is C24H21FN2O6. The predicted octanol–water partition coefficient (Wildman–Crippen LogP) is 4.68. The highest BCUT2D eigenvalue weighted by Crippen LogP contribution is 2.41. The molecule has 4 aromatic rings. The summed E-state index contributed by atoms with van der Waals surface area (Å²) in [4.78, 5) is 16.7. The van der Waals surface area contributed by atoms with Crippen LogP contribution >= 0.6 is 0 Å². The van der Waals surface area contributed by atoms with Crippen LogP contribution in [0.15, 0.2) is 59.0 Å². The molecule has 3 aromatic carbocycles. The van der Waals surface area contributed by atoms with E-state index in [1.165, 1.54) is 33.5 Å². The van der Waals surface area contributed by atoms with Crippen LogP contribution < -0.4 is 24.3 Å². The maximum Gasteiger partial charge on any atom is 0.262 e. The predicted molar refractivity (Wildman–Crippen MR) is 120 cm³/mol. The molecule has 33 heavy (non-hydrogen) atoms. The van der Waals surface area contributed by atoms with E-state index in [1.807, 2.05) is 0 Å². The first-order chi connectivity index (χ1) is 16.0. The number of anilines is 1. The molecular weight excluding hydrogens is 431 g/mol. The average molecular weight is 452 g/mol. The van der Waals surface area contributed by atoms with Gasteiger partial charge in [-0.1, -0.05) is 12.1 Å². The Labute approximate surface area is 188 Å². The number of nitrogens with zero attached hydrogens (tertiary/aromatic N) is 1. The number of methoxy groups -OCH3 is 3. The lowest BCUT2D eigenvalue weighted by atomic mass is 10.2. The van der Waals surface area contributed by atoms with Crippen molar-refractivity contribution in [3.8, 4) is 34.5 Å². The van der Waals surface area contributed by atoms with E-state index in [4.69, 9.17) is 23.4 Å². The highest BCUT2D eigenvalue weighted by Gasteiger charge is 2.17. The van der Waals surface area contributed by atoms with Crippen molar-refractivity contribution >= 4 is 22.7 Å². The second-order valence-electron chi connectivity index (χ2n) is 6.88. The molecule has 0 fully saturated rings. The molecule has 0 aliphatic carbocycles. The molecule has 0 bridgehead atoms. The number of ether oxygens (including phenoxy) is 4. The van der Waals surface area contributed by atoms with Gasteiger partial charge < -0.3 is 28.7 Å². The fraction of sp³-hybridized carbons (Fsp3) is 0.167. The smallest absolute Gasteiger partial charge is 0.262 e. The van der Waals surface area contributed by atoms with E-state index < -0.39 is 11.7 Å². The molecule has 0 aliphatic heterocycles. The summed E-state index contributed by atoms with van der Waals surface area (Å²) in [7, 11) is 4.58. The van der Waals surface area contributed by atoms with Crippen LogP contribution in [0.5, 0.6) is 23.0 Å². The van der Waals surface area contributed by atoms with Crippen LogP contribution in [-0.4, -0.2) is 38.8 Å².